The van der Waals surface area contributed by atoms with E-state index in [1.807, 2.05) is 0 Å². The van der Waals surface area contributed by atoms with Gasteiger partial charge < -0.3 is 5.32 Å². The Morgan fingerprint density at radius 2 is 2.15 bits per heavy atom. The number of carbonyl (C=O) groups excluding carboxylic acids is 1. The van der Waals surface area contributed by atoms with Gasteiger partial charge in [-0.3, -0.25) is 4.79 Å². The molecule has 0 aromatic heterocycles. The lowest BCUT2D eigenvalue weighted by atomic mass is 9.87. The van der Waals surface area contributed by atoms with Crippen LogP contribution in [0, 0.1) is 11.3 Å². The molecule has 0 aliphatic heterocycles. The summed E-state index contributed by atoms with van der Waals surface area (Å²) in [7, 11) is 0. The van der Waals surface area contributed by atoms with E-state index in [0.29, 0.717) is 12.3 Å². The summed E-state index contributed by atoms with van der Waals surface area (Å²) < 4.78 is 0. The van der Waals surface area contributed by atoms with Gasteiger partial charge in [0.25, 0.3) is 0 Å². The van der Waals surface area contributed by atoms with Crippen molar-refractivity contribution in [2.24, 2.45) is 11.3 Å². The summed E-state index contributed by atoms with van der Waals surface area (Å²) in [6.45, 7) is 5.21. The minimum absolute atomic E-state index is 0.0729. The van der Waals surface area contributed by atoms with Crippen LogP contribution < -0.4 is 5.32 Å². The molecule has 0 radical (unpaired) electrons. The van der Waals surface area contributed by atoms with Crippen molar-refractivity contribution in [2.75, 3.05) is 12.4 Å². The number of alkyl halides is 1. The molecule has 1 aliphatic carbocycles. The average molecular weight is 204 g/mol. The number of hydrogen-bond donors (Lipinski definition) is 1. The quantitative estimate of drug-likeness (QED) is 0.682. The van der Waals surface area contributed by atoms with Gasteiger partial charge in [-0.2, -0.15) is 0 Å². The molecule has 1 N–H and O–H groups in total. The molecule has 1 fully saturated rings. The average Bonchev–Trinajstić information content (AvgIpc) is 2.84. The second kappa shape index (κ2) is 4.32. The molecule has 1 amide bonds. The van der Waals surface area contributed by atoms with Gasteiger partial charge in [0.15, 0.2) is 0 Å². The molecule has 0 bridgehead atoms. The van der Waals surface area contributed by atoms with Crippen LogP contribution in [0.3, 0.4) is 0 Å². The molecule has 1 saturated carbocycles. The lowest BCUT2D eigenvalue weighted by Gasteiger charge is -2.24. The Balaban J connectivity index is 2.20. The fourth-order valence-electron chi connectivity index (χ4n) is 1.51. The molecular formula is C10H18ClNO. The van der Waals surface area contributed by atoms with Crippen molar-refractivity contribution in [3.63, 3.8) is 0 Å². The molecular weight excluding hydrogens is 186 g/mol. The Kier molecular flexibility index (Phi) is 3.60. The van der Waals surface area contributed by atoms with Crippen LogP contribution in [0.25, 0.3) is 0 Å². The molecule has 76 valence electrons. The zero-order chi connectivity index (χ0) is 9.90. The van der Waals surface area contributed by atoms with Gasteiger partial charge in [0.05, 0.1) is 0 Å². The smallest absolute Gasteiger partial charge is 0.221 e. The van der Waals surface area contributed by atoms with Crippen LogP contribution in [-0.4, -0.2) is 18.3 Å². The highest BCUT2D eigenvalue weighted by molar-refractivity contribution is 6.18. The number of halogens is 1. The van der Waals surface area contributed by atoms with Gasteiger partial charge in [-0.1, -0.05) is 13.8 Å². The van der Waals surface area contributed by atoms with Crippen molar-refractivity contribution in [1.82, 2.24) is 5.32 Å². The number of hydrogen-bond acceptors (Lipinski definition) is 1. The third kappa shape index (κ3) is 3.55. The van der Waals surface area contributed by atoms with Gasteiger partial charge in [-0.25, -0.2) is 0 Å². The van der Waals surface area contributed by atoms with Gasteiger partial charge in [-0.05, 0) is 24.2 Å². The Labute approximate surface area is 85.0 Å². The summed E-state index contributed by atoms with van der Waals surface area (Å²) in [4.78, 5) is 11.1. The summed E-state index contributed by atoms with van der Waals surface area (Å²) in [5.74, 6) is 1.29. The summed E-state index contributed by atoms with van der Waals surface area (Å²) in [6.07, 6.45) is 3.07. The summed E-state index contributed by atoms with van der Waals surface area (Å²) in [5, 5.41) is 2.92. The zero-order valence-corrected chi connectivity index (χ0v) is 9.16. The molecule has 0 spiro atoms. The maximum atomic E-state index is 11.1. The van der Waals surface area contributed by atoms with E-state index in [9.17, 15) is 4.79 Å². The highest BCUT2D eigenvalue weighted by Crippen LogP contribution is 2.44. The van der Waals surface area contributed by atoms with E-state index < -0.39 is 0 Å². The van der Waals surface area contributed by atoms with Crippen LogP contribution >= 0.6 is 11.6 Å². The molecule has 1 aliphatic rings. The standard InChI is InChI=1S/C10H18ClNO/c1-10(2,8-3-4-8)7-12-9(13)5-6-11/h8H,3-7H2,1-2H3,(H,12,13). The molecule has 0 aromatic rings. The van der Waals surface area contributed by atoms with Crippen LogP contribution in [-0.2, 0) is 4.79 Å². The largest absolute Gasteiger partial charge is 0.356 e. The Morgan fingerprint density at radius 3 is 2.62 bits per heavy atom. The van der Waals surface area contributed by atoms with Crippen molar-refractivity contribution in [3.8, 4) is 0 Å². The summed E-state index contributed by atoms with van der Waals surface area (Å²) in [5.41, 5.74) is 0.266. The third-order valence-corrected chi connectivity index (χ3v) is 2.93. The first kappa shape index (κ1) is 10.8. The predicted molar refractivity (Wildman–Crippen MR) is 54.9 cm³/mol. The first-order chi connectivity index (χ1) is 6.06. The molecule has 0 unspecified atom stereocenters. The summed E-state index contributed by atoms with van der Waals surface area (Å²) in [6, 6.07) is 0. The van der Waals surface area contributed by atoms with E-state index in [1.165, 1.54) is 12.8 Å². The fourth-order valence-corrected chi connectivity index (χ4v) is 1.68. The van der Waals surface area contributed by atoms with E-state index in [2.05, 4.69) is 19.2 Å². The van der Waals surface area contributed by atoms with Crippen molar-refractivity contribution in [2.45, 2.75) is 33.1 Å². The number of nitrogens with one attached hydrogen (secondary N) is 1. The van der Waals surface area contributed by atoms with E-state index in [4.69, 9.17) is 11.6 Å². The van der Waals surface area contributed by atoms with Crippen LogP contribution in [0.1, 0.15) is 33.1 Å². The topological polar surface area (TPSA) is 29.1 Å². The number of amides is 1. The predicted octanol–water partition coefficient (Wildman–Crippen LogP) is 2.17. The Hall–Kier alpha value is -0.240. The molecule has 13 heavy (non-hydrogen) atoms. The van der Waals surface area contributed by atoms with Gasteiger partial charge in [0.1, 0.15) is 0 Å². The van der Waals surface area contributed by atoms with Crippen molar-refractivity contribution in [1.29, 1.82) is 0 Å². The van der Waals surface area contributed by atoms with Crippen molar-refractivity contribution < 1.29 is 4.79 Å². The Morgan fingerprint density at radius 1 is 1.54 bits per heavy atom. The second-order valence-corrected chi connectivity index (χ2v) is 4.86. The van der Waals surface area contributed by atoms with Gasteiger partial charge >= 0.3 is 0 Å². The van der Waals surface area contributed by atoms with Crippen molar-refractivity contribution in [3.05, 3.63) is 0 Å². The monoisotopic (exact) mass is 203 g/mol. The van der Waals surface area contributed by atoms with E-state index in [0.717, 1.165) is 12.5 Å². The molecule has 0 aromatic carbocycles. The van der Waals surface area contributed by atoms with Gasteiger partial charge in [0, 0.05) is 18.8 Å². The maximum absolute atomic E-state index is 11.1. The molecule has 2 nitrogen and oxygen atoms in total. The second-order valence-electron chi connectivity index (χ2n) is 4.48. The Bertz CT molecular complexity index is 187. The molecule has 0 saturated heterocycles. The number of rotatable bonds is 5. The fraction of sp³-hybridized carbons (Fsp3) is 0.900. The van der Waals surface area contributed by atoms with Gasteiger partial charge in [-0.15, -0.1) is 11.6 Å². The zero-order valence-electron chi connectivity index (χ0n) is 8.40. The highest BCUT2D eigenvalue weighted by Gasteiger charge is 2.37. The first-order valence-corrected chi connectivity index (χ1v) is 5.42. The minimum Gasteiger partial charge on any atom is -0.356 e. The van der Waals surface area contributed by atoms with Crippen LogP contribution in [0.5, 0.6) is 0 Å². The minimum atomic E-state index is 0.0729. The normalized spacial score (nSPS) is 17.2. The van der Waals surface area contributed by atoms with E-state index in [-0.39, 0.29) is 11.3 Å². The van der Waals surface area contributed by atoms with Crippen LogP contribution in [0.2, 0.25) is 0 Å². The molecule has 0 atom stereocenters. The lowest BCUT2D eigenvalue weighted by molar-refractivity contribution is -0.121. The first-order valence-electron chi connectivity index (χ1n) is 4.89. The molecule has 0 heterocycles. The molecule has 1 rings (SSSR count). The van der Waals surface area contributed by atoms with Crippen LogP contribution in [0.4, 0.5) is 0 Å². The van der Waals surface area contributed by atoms with E-state index in [1.54, 1.807) is 0 Å². The molecule has 3 heteroatoms. The van der Waals surface area contributed by atoms with Gasteiger partial charge in [0.2, 0.25) is 5.91 Å². The third-order valence-electron chi connectivity index (χ3n) is 2.75. The lowest BCUT2D eigenvalue weighted by Crippen LogP contribution is -2.35. The maximum Gasteiger partial charge on any atom is 0.221 e. The van der Waals surface area contributed by atoms with E-state index >= 15 is 0 Å². The summed E-state index contributed by atoms with van der Waals surface area (Å²) >= 11 is 5.46. The number of carbonyl (C=O) groups is 1. The van der Waals surface area contributed by atoms with Crippen molar-refractivity contribution >= 4 is 17.5 Å². The van der Waals surface area contributed by atoms with Crippen LogP contribution in [0.15, 0.2) is 0 Å². The SMILES string of the molecule is CC(C)(CNC(=O)CCCl)C1CC1. The highest BCUT2D eigenvalue weighted by atomic mass is 35.5.